The number of halogens is 1. The molecule has 3 heteroatoms. The molecule has 0 bridgehead atoms. The topological polar surface area (TPSA) is 30.2 Å². The molecule has 0 aliphatic heterocycles. The quantitative estimate of drug-likeness (QED) is 0.816. The molecule has 0 spiro atoms. The van der Waals surface area contributed by atoms with E-state index in [2.05, 4.69) is 22.9 Å². The second kappa shape index (κ2) is 4.52. The zero-order valence-corrected chi connectivity index (χ0v) is 10.4. The van der Waals surface area contributed by atoms with Crippen LogP contribution in [0.1, 0.15) is 44.3 Å². The van der Waals surface area contributed by atoms with E-state index in [0.29, 0.717) is 18.1 Å². The average molecular weight is 271 g/mol. The third kappa shape index (κ3) is 2.17. The minimum atomic E-state index is 0.278. The van der Waals surface area contributed by atoms with E-state index < -0.39 is 0 Å². The predicted molar refractivity (Wildman–Crippen MR) is 61.8 cm³/mol. The largest absolute Gasteiger partial charge is 0.468 e. The third-order valence-corrected chi connectivity index (χ3v) is 3.97. The number of hydrogen-bond acceptors (Lipinski definition) is 2. The van der Waals surface area contributed by atoms with Gasteiger partial charge in [-0.1, -0.05) is 13.3 Å². The van der Waals surface area contributed by atoms with Crippen LogP contribution in [0.25, 0.3) is 0 Å². The van der Waals surface area contributed by atoms with Gasteiger partial charge >= 0.3 is 0 Å². The van der Waals surface area contributed by atoms with Crippen LogP contribution in [0.15, 0.2) is 21.2 Å². The van der Waals surface area contributed by atoms with Crippen molar-refractivity contribution in [2.45, 2.75) is 38.5 Å². The van der Waals surface area contributed by atoms with Gasteiger partial charge in [0.15, 0.2) is 0 Å². The molecule has 2 unspecified atom stereocenters. The smallest absolute Gasteiger partial charge is 0.133 e. The van der Waals surface area contributed by atoms with Crippen LogP contribution in [0.4, 0.5) is 0 Å². The Balaban J connectivity index is 2.24. The number of ketones is 1. The molecule has 0 N–H and O–H groups in total. The van der Waals surface area contributed by atoms with Crippen LogP contribution in [0.5, 0.6) is 0 Å². The van der Waals surface area contributed by atoms with Crippen molar-refractivity contribution in [2.75, 3.05) is 0 Å². The highest BCUT2D eigenvalue weighted by Gasteiger charge is 2.32. The van der Waals surface area contributed by atoms with Crippen LogP contribution in [0.2, 0.25) is 0 Å². The molecular formula is C12H15BrO2. The molecule has 1 aliphatic carbocycles. The Morgan fingerprint density at radius 1 is 1.60 bits per heavy atom. The van der Waals surface area contributed by atoms with Crippen molar-refractivity contribution < 1.29 is 9.21 Å². The molecule has 2 nitrogen and oxygen atoms in total. The van der Waals surface area contributed by atoms with E-state index in [1.165, 1.54) is 0 Å². The van der Waals surface area contributed by atoms with Crippen molar-refractivity contribution in [1.29, 1.82) is 0 Å². The van der Waals surface area contributed by atoms with Gasteiger partial charge < -0.3 is 4.42 Å². The summed E-state index contributed by atoms with van der Waals surface area (Å²) in [7, 11) is 0. The second-order valence-corrected chi connectivity index (χ2v) is 5.04. The molecule has 1 heterocycles. The van der Waals surface area contributed by atoms with E-state index in [0.717, 1.165) is 29.5 Å². The van der Waals surface area contributed by atoms with Crippen LogP contribution in [-0.4, -0.2) is 5.78 Å². The van der Waals surface area contributed by atoms with Gasteiger partial charge in [-0.25, -0.2) is 0 Å². The number of hydrogen-bond donors (Lipinski definition) is 0. The fraction of sp³-hybridized carbons (Fsp3) is 0.583. The van der Waals surface area contributed by atoms with Crippen LogP contribution < -0.4 is 0 Å². The SMILES string of the molecule is CCC1CCC(=O)CC1c1occc1Br. The molecule has 1 aromatic heterocycles. The summed E-state index contributed by atoms with van der Waals surface area (Å²) in [5.41, 5.74) is 0. The van der Waals surface area contributed by atoms with Crippen molar-refractivity contribution in [2.24, 2.45) is 5.92 Å². The molecule has 0 radical (unpaired) electrons. The summed E-state index contributed by atoms with van der Waals surface area (Å²) < 4.78 is 6.49. The Morgan fingerprint density at radius 3 is 3.00 bits per heavy atom. The van der Waals surface area contributed by atoms with E-state index in [9.17, 15) is 4.79 Å². The Hall–Kier alpha value is -0.570. The van der Waals surface area contributed by atoms with Gasteiger partial charge in [0.2, 0.25) is 0 Å². The first-order valence-corrected chi connectivity index (χ1v) is 6.26. The number of carbonyl (C=O) groups is 1. The van der Waals surface area contributed by atoms with E-state index >= 15 is 0 Å². The van der Waals surface area contributed by atoms with Gasteiger partial charge in [0.1, 0.15) is 11.5 Å². The van der Waals surface area contributed by atoms with E-state index in [1.807, 2.05) is 6.07 Å². The molecule has 0 amide bonds. The van der Waals surface area contributed by atoms with Crippen molar-refractivity contribution in [1.82, 2.24) is 0 Å². The molecule has 1 aliphatic rings. The standard InChI is InChI=1S/C12H15BrO2/c1-2-8-3-4-9(14)7-10(8)12-11(13)5-6-15-12/h5-6,8,10H,2-4,7H2,1H3. The first-order valence-electron chi connectivity index (χ1n) is 5.47. The molecule has 1 saturated carbocycles. The lowest BCUT2D eigenvalue weighted by Crippen LogP contribution is -2.22. The summed E-state index contributed by atoms with van der Waals surface area (Å²) in [6.45, 7) is 2.18. The summed E-state index contributed by atoms with van der Waals surface area (Å²) in [4.78, 5) is 11.5. The molecule has 2 atom stereocenters. The monoisotopic (exact) mass is 270 g/mol. The summed E-state index contributed by atoms with van der Waals surface area (Å²) in [5.74, 6) is 2.19. The van der Waals surface area contributed by atoms with Crippen molar-refractivity contribution >= 4 is 21.7 Å². The van der Waals surface area contributed by atoms with Gasteiger partial charge in [0.25, 0.3) is 0 Å². The van der Waals surface area contributed by atoms with Gasteiger partial charge in [-0.3, -0.25) is 4.79 Å². The Bertz CT molecular complexity index is 356. The lowest BCUT2D eigenvalue weighted by Gasteiger charge is -2.28. The van der Waals surface area contributed by atoms with E-state index in [-0.39, 0.29) is 5.92 Å². The number of Topliss-reactive ketones (excluding diaryl/α,β-unsaturated/α-hetero) is 1. The zero-order valence-electron chi connectivity index (χ0n) is 8.83. The van der Waals surface area contributed by atoms with Crippen molar-refractivity contribution in [3.63, 3.8) is 0 Å². The first-order chi connectivity index (χ1) is 7.22. The number of rotatable bonds is 2. The second-order valence-electron chi connectivity index (χ2n) is 4.19. The summed E-state index contributed by atoms with van der Waals surface area (Å²) in [6, 6.07) is 1.90. The maximum absolute atomic E-state index is 11.5. The van der Waals surface area contributed by atoms with Gasteiger partial charge in [-0.15, -0.1) is 0 Å². The van der Waals surface area contributed by atoms with Crippen molar-refractivity contribution in [3.05, 3.63) is 22.6 Å². The summed E-state index contributed by atoms with van der Waals surface area (Å²) in [5, 5.41) is 0. The minimum absolute atomic E-state index is 0.278. The minimum Gasteiger partial charge on any atom is -0.468 e. The Morgan fingerprint density at radius 2 is 2.40 bits per heavy atom. The fourth-order valence-corrected chi connectivity index (χ4v) is 2.92. The Kier molecular flexibility index (Phi) is 3.29. The van der Waals surface area contributed by atoms with E-state index in [1.54, 1.807) is 6.26 Å². The highest BCUT2D eigenvalue weighted by atomic mass is 79.9. The molecule has 0 aromatic carbocycles. The third-order valence-electron chi connectivity index (χ3n) is 3.32. The van der Waals surface area contributed by atoms with Gasteiger partial charge in [0.05, 0.1) is 10.7 Å². The lowest BCUT2D eigenvalue weighted by molar-refractivity contribution is -0.121. The van der Waals surface area contributed by atoms with E-state index in [4.69, 9.17) is 4.42 Å². The van der Waals surface area contributed by atoms with Crippen LogP contribution >= 0.6 is 15.9 Å². The Labute approximate surface area is 98.2 Å². The molecule has 0 saturated heterocycles. The number of carbonyl (C=O) groups excluding carboxylic acids is 1. The highest BCUT2D eigenvalue weighted by Crippen LogP contribution is 2.41. The summed E-state index contributed by atoms with van der Waals surface area (Å²) >= 11 is 3.47. The van der Waals surface area contributed by atoms with Crippen LogP contribution in [0, 0.1) is 5.92 Å². The molecule has 2 rings (SSSR count). The lowest BCUT2D eigenvalue weighted by atomic mass is 9.76. The summed E-state index contributed by atoms with van der Waals surface area (Å²) in [6.07, 6.45) is 5.20. The molecule has 1 aromatic rings. The normalized spacial score (nSPS) is 26.9. The average Bonchev–Trinajstić information content (AvgIpc) is 2.64. The van der Waals surface area contributed by atoms with Crippen LogP contribution in [-0.2, 0) is 4.79 Å². The van der Waals surface area contributed by atoms with Crippen molar-refractivity contribution in [3.8, 4) is 0 Å². The van der Waals surface area contributed by atoms with Gasteiger partial charge in [-0.05, 0) is 34.3 Å². The molecule has 82 valence electrons. The molecule has 1 fully saturated rings. The number of furan rings is 1. The van der Waals surface area contributed by atoms with Gasteiger partial charge in [-0.2, -0.15) is 0 Å². The predicted octanol–water partition coefficient (Wildman–Crippen LogP) is 3.90. The zero-order chi connectivity index (χ0) is 10.8. The first kappa shape index (κ1) is 10.9. The van der Waals surface area contributed by atoms with Crippen LogP contribution in [0.3, 0.4) is 0 Å². The highest BCUT2D eigenvalue weighted by molar-refractivity contribution is 9.10. The maximum atomic E-state index is 11.5. The molecular weight excluding hydrogens is 256 g/mol. The van der Waals surface area contributed by atoms with Gasteiger partial charge in [0, 0.05) is 18.8 Å². The molecule has 15 heavy (non-hydrogen) atoms. The fourth-order valence-electron chi connectivity index (χ4n) is 2.43. The maximum Gasteiger partial charge on any atom is 0.133 e.